The third-order valence-corrected chi connectivity index (χ3v) is 5.58. The lowest BCUT2D eigenvalue weighted by Crippen LogP contribution is -2.46. The second kappa shape index (κ2) is 7.86. The van der Waals surface area contributed by atoms with Crippen LogP contribution in [0.1, 0.15) is 23.0 Å². The number of nitrogens with one attached hydrogen (secondary N) is 1. The lowest BCUT2D eigenvalue weighted by atomic mass is 10.1. The summed E-state index contributed by atoms with van der Waals surface area (Å²) in [6.45, 7) is 9.55. The molecule has 0 bridgehead atoms. The van der Waals surface area contributed by atoms with Crippen molar-refractivity contribution >= 4 is 39.9 Å². The zero-order valence-electron chi connectivity index (χ0n) is 16.2. The van der Waals surface area contributed by atoms with Gasteiger partial charge >= 0.3 is 0 Å². The Hall–Kier alpha value is -2.50. The molecular formula is C22H24ClN3O2. The molecule has 4 rings (SSSR count). The summed E-state index contributed by atoms with van der Waals surface area (Å²) in [7, 11) is 0. The molecule has 6 heteroatoms. The van der Waals surface area contributed by atoms with E-state index in [0.29, 0.717) is 10.6 Å². The Kier molecular flexibility index (Phi) is 5.29. The fourth-order valence-corrected chi connectivity index (χ4v) is 3.80. The van der Waals surface area contributed by atoms with E-state index in [1.54, 1.807) is 24.3 Å². The van der Waals surface area contributed by atoms with Crippen molar-refractivity contribution in [1.82, 2.24) is 4.90 Å². The van der Waals surface area contributed by atoms with Gasteiger partial charge in [-0.1, -0.05) is 18.5 Å². The van der Waals surface area contributed by atoms with Crippen molar-refractivity contribution < 1.29 is 9.21 Å². The van der Waals surface area contributed by atoms with Crippen molar-refractivity contribution in [3.8, 4) is 0 Å². The molecule has 5 nitrogen and oxygen atoms in total. The summed E-state index contributed by atoms with van der Waals surface area (Å²) in [4.78, 5) is 17.5. The Morgan fingerprint density at radius 3 is 2.61 bits per heavy atom. The minimum atomic E-state index is -0.264. The molecule has 1 fully saturated rings. The van der Waals surface area contributed by atoms with Gasteiger partial charge in [-0.15, -0.1) is 0 Å². The monoisotopic (exact) mass is 397 g/mol. The Morgan fingerprint density at radius 2 is 1.89 bits per heavy atom. The van der Waals surface area contributed by atoms with E-state index in [2.05, 4.69) is 34.2 Å². The molecule has 1 aromatic heterocycles. The molecule has 146 valence electrons. The van der Waals surface area contributed by atoms with Gasteiger partial charge in [0.1, 0.15) is 5.58 Å². The van der Waals surface area contributed by atoms with Crippen LogP contribution in [0, 0.1) is 6.92 Å². The van der Waals surface area contributed by atoms with Gasteiger partial charge in [0.15, 0.2) is 5.76 Å². The third kappa shape index (κ3) is 3.86. The standard InChI is InChI=1S/C22H24ClN3O2/c1-3-25-8-10-26(11-9-25)18-5-6-19(15(2)12-18)24-22(27)21-14-16-13-17(23)4-7-20(16)28-21/h4-7,12-14H,3,8-11H2,1-2H3,(H,24,27). The highest BCUT2D eigenvalue weighted by molar-refractivity contribution is 6.31. The van der Waals surface area contributed by atoms with Gasteiger partial charge in [-0.2, -0.15) is 0 Å². The molecule has 1 amide bonds. The summed E-state index contributed by atoms with van der Waals surface area (Å²) in [6.07, 6.45) is 0. The zero-order chi connectivity index (χ0) is 19.7. The highest BCUT2D eigenvalue weighted by Crippen LogP contribution is 2.26. The van der Waals surface area contributed by atoms with Crippen LogP contribution in [-0.2, 0) is 0 Å². The second-order valence-electron chi connectivity index (χ2n) is 7.17. The summed E-state index contributed by atoms with van der Waals surface area (Å²) in [5.41, 5.74) is 3.67. The maximum Gasteiger partial charge on any atom is 0.291 e. The molecule has 0 radical (unpaired) electrons. The maximum atomic E-state index is 12.6. The Morgan fingerprint density at radius 1 is 1.11 bits per heavy atom. The van der Waals surface area contributed by atoms with Crippen LogP contribution < -0.4 is 10.2 Å². The van der Waals surface area contributed by atoms with Crippen LogP contribution in [0.3, 0.4) is 0 Å². The Balaban J connectivity index is 1.47. The molecule has 2 aromatic carbocycles. The van der Waals surface area contributed by atoms with Crippen LogP contribution in [0.15, 0.2) is 46.9 Å². The fraction of sp³-hybridized carbons (Fsp3) is 0.318. The number of benzene rings is 2. The molecule has 2 heterocycles. The number of fused-ring (bicyclic) bond motifs is 1. The number of aryl methyl sites for hydroxylation is 1. The Bertz CT molecular complexity index is 1010. The van der Waals surface area contributed by atoms with E-state index in [1.807, 2.05) is 13.0 Å². The first-order chi connectivity index (χ1) is 13.5. The third-order valence-electron chi connectivity index (χ3n) is 5.34. The largest absolute Gasteiger partial charge is 0.451 e. The van der Waals surface area contributed by atoms with Crippen molar-refractivity contribution in [3.63, 3.8) is 0 Å². The van der Waals surface area contributed by atoms with Crippen LogP contribution in [0.5, 0.6) is 0 Å². The van der Waals surface area contributed by atoms with Crippen molar-refractivity contribution in [2.75, 3.05) is 42.9 Å². The summed E-state index contributed by atoms with van der Waals surface area (Å²) in [5, 5.41) is 4.39. The normalized spacial score (nSPS) is 15.2. The molecule has 1 N–H and O–H groups in total. The number of amides is 1. The van der Waals surface area contributed by atoms with Crippen LogP contribution in [0.4, 0.5) is 11.4 Å². The molecule has 1 aliphatic rings. The molecule has 3 aromatic rings. The number of halogens is 1. The van der Waals surface area contributed by atoms with Crippen LogP contribution >= 0.6 is 11.6 Å². The number of furan rings is 1. The van der Waals surface area contributed by atoms with Gasteiger partial charge in [-0.3, -0.25) is 4.79 Å². The summed E-state index contributed by atoms with van der Waals surface area (Å²) in [5.74, 6) is 0.0103. The topological polar surface area (TPSA) is 48.7 Å². The summed E-state index contributed by atoms with van der Waals surface area (Å²) >= 11 is 6.00. The molecular weight excluding hydrogens is 374 g/mol. The van der Waals surface area contributed by atoms with E-state index in [0.717, 1.165) is 49.4 Å². The van der Waals surface area contributed by atoms with Gasteiger partial charge in [-0.25, -0.2) is 0 Å². The van der Waals surface area contributed by atoms with E-state index in [1.165, 1.54) is 5.69 Å². The highest BCUT2D eigenvalue weighted by atomic mass is 35.5. The predicted octanol–water partition coefficient (Wildman–Crippen LogP) is 4.79. The first-order valence-corrected chi connectivity index (χ1v) is 9.99. The van der Waals surface area contributed by atoms with Crippen LogP contribution in [0.25, 0.3) is 11.0 Å². The number of hydrogen-bond donors (Lipinski definition) is 1. The molecule has 1 aliphatic heterocycles. The van der Waals surface area contributed by atoms with Crippen molar-refractivity contribution in [3.05, 3.63) is 58.8 Å². The smallest absolute Gasteiger partial charge is 0.291 e. The van der Waals surface area contributed by atoms with E-state index >= 15 is 0 Å². The number of anilines is 2. The number of piperazine rings is 1. The van der Waals surface area contributed by atoms with Crippen LogP contribution in [-0.4, -0.2) is 43.5 Å². The molecule has 0 saturated carbocycles. The van der Waals surface area contributed by atoms with Gasteiger partial charge in [0.25, 0.3) is 5.91 Å². The summed E-state index contributed by atoms with van der Waals surface area (Å²) in [6, 6.07) is 13.2. The van der Waals surface area contributed by atoms with Crippen molar-refractivity contribution in [2.24, 2.45) is 0 Å². The average Bonchev–Trinajstić information content (AvgIpc) is 3.13. The summed E-state index contributed by atoms with van der Waals surface area (Å²) < 4.78 is 5.65. The molecule has 0 aliphatic carbocycles. The number of rotatable bonds is 4. The van der Waals surface area contributed by atoms with Gasteiger partial charge in [0, 0.05) is 48.0 Å². The van der Waals surface area contributed by atoms with Gasteiger partial charge < -0.3 is 19.5 Å². The lowest BCUT2D eigenvalue weighted by Gasteiger charge is -2.35. The minimum Gasteiger partial charge on any atom is -0.451 e. The number of carbonyl (C=O) groups excluding carboxylic acids is 1. The number of carbonyl (C=O) groups is 1. The first-order valence-electron chi connectivity index (χ1n) is 9.62. The maximum absolute atomic E-state index is 12.6. The second-order valence-corrected chi connectivity index (χ2v) is 7.60. The van der Waals surface area contributed by atoms with Gasteiger partial charge in [0.05, 0.1) is 0 Å². The van der Waals surface area contributed by atoms with Crippen LogP contribution in [0.2, 0.25) is 5.02 Å². The van der Waals surface area contributed by atoms with E-state index in [9.17, 15) is 4.79 Å². The lowest BCUT2D eigenvalue weighted by molar-refractivity contribution is 0.0998. The number of nitrogens with zero attached hydrogens (tertiary/aromatic N) is 2. The SMILES string of the molecule is CCN1CCN(c2ccc(NC(=O)c3cc4cc(Cl)ccc4o3)c(C)c2)CC1. The molecule has 0 atom stereocenters. The van der Waals surface area contributed by atoms with Gasteiger partial charge in [-0.05, 0) is 61.5 Å². The highest BCUT2D eigenvalue weighted by Gasteiger charge is 2.18. The average molecular weight is 398 g/mol. The molecule has 0 unspecified atom stereocenters. The van der Waals surface area contributed by atoms with Crippen molar-refractivity contribution in [1.29, 1.82) is 0 Å². The zero-order valence-corrected chi connectivity index (χ0v) is 16.9. The van der Waals surface area contributed by atoms with Gasteiger partial charge in [0.2, 0.25) is 0 Å². The van der Waals surface area contributed by atoms with E-state index < -0.39 is 0 Å². The molecule has 0 spiro atoms. The first kappa shape index (κ1) is 18.8. The Labute approximate surface area is 169 Å². The minimum absolute atomic E-state index is 0.264. The number of likely N-dealkylation sites (N-methyl/N-ethyl adjacent to an activating group) is 1. The van der Waals surface area contributed by atoms with E-state index in [-0.39, 0.29) is 11.7 Å². The molecule has 1 saturated heterocycles. The van der Waals surface area contributed by atoms with Crippen molar-refractivity contribution in [2.45, 2.75) is 13.8 Å². The predicted molar refractivity (Wildman–Crippen MR) is 115 cm³/mol. The quantitative estimate of drug-likeness (QED) is 0.687. The van der Waals surface area contributed by atoms with E-state index in [4.69, 9.17) is 16.0 Å². The fourth-order valence-electron chi connectivity index (χ4n) is 3.62. The number of hydrogen-bond acceptors (Lipinski definition) is 4. The molecule has 28 heavy (non-hydrogen) atoms.